The first-order chi connectivity index (χ1) is 7.70. The van der Waals surface area contributed by atoms with Gasteiger partial charge in [-0.1, -0.05) is 0 Å². The molecule has 0 radical (unpaired) electrons. The van der Waals surface area contributed by atoms with Crippen LogP contribution >= 0.6 is 0 Å². The Morgan fingerprint density at radius 1 is 1.31 bits per heavy atom. The van der Waals surface area contributed by atoms with Crippen LogP contribution in [-0.2, 0) is 0 Å². The Morgan fingerprint density at radius 3 is 2.75 bits per heavy atom. The predicted octanol–water partition coefficient (Wildman–Crippen LogP) is 1.17. The molecular weight excluding hydrogens is 206 g/mol. The van der Waals surface area contributed by atoms with Crippen molar-refractivity contribution in [2.75, 3.05) is 0 Å². The van der Waals surface area contributed by atoms with Crippen LogP contribution in [0.4, 0.5) is 0 Å². The molecule has 5 heteroatoms. The lowest BCUT2D eigenvalue weighted by Gasteiger charge is -2.04. The third kappa shape index (κ3) is 1.75. The van der Waals surface area contributed by atoms with Crippen LogP contribution in [0.3, 0.4) is 0 Å². The van der Waals surface area contributed by atoms with Crippen LogP contribution in [0.25, 0.3) is 0 Å². The second-order valence-electron chi connectivity index (χ2n) is 3.23. The molecule has 0 aliphatic carbocycles. The zero-order valence-corrected chi connectivity index (χ0v) is 8.62. The van der Waals surface area contributed by atoms with Gasteiger partial charge in [-0.15, -0.1) is 0 Å². The Labute approximate surface area is 91.8 Å². The Kier molecular flexibility index (Phi) is 2.59. The minimum atomic E-state index is -0.309. The van der Waals surface area contributed by atoms with Gasteiger partial charge in [0, 0.05) is 25.5 Å². The van der Waals surface area contributed by atoms with Crippen LogP contribution < -0.4 is 0 Å². The first-order valence-electron chi connectivity index (χ1n) is 4.69. The number of ketones is 1. The number of aromatic nitrogens is 3. The summed E-state index contributed by atoms with van der Waals surface area (Å²) in [4.78, 5) is 30.9. The molecule has 0 aliphatic rings. The molecule has 16 heavy (non-hydrogen) atoms. The fourth-order valence-electron chi connectivity index (χ4n) is 1.38. The molecule has 0 atom stereocenters. The molecule has 2 rings (SSSR count). The van der Waals surface area contributed by atoms with Crippen molar-refractivity contribution < 1.29 is 9.59 Å². The number of nitrogens with zero attached hydrogens (tertiary/aromatic N) is 3. The topological polar surface area (TPSA) is 64.8 Å². The summed E-state index contributed by atoms with van der Waals surface area (Å²) >= 11 is 0. The van der Waals surface area contributed by atoms with Crippen LogP contribution in [-0.4, -0.2) is 26.2 Å². The van der Waals surface area contributed by atoms with Crippen LogP contribution in [0.5, 0.6) is 0 Å². The Balaban J connectivity index is 2.49. The number of pyridine rings is 1. The summed E-state index contributed by atoms with van der Waals surface area (Å²) in [6.45, 7) is 1.38. The van der Waals surface area contributed by atoms with Crippen molar-refractivity contribution in [1.82, 2.24) is 14.5 Å². The average Bonchev–Trinajstić information content (AvgIpc) is 2.81. The molecule has 0 unspecified atom stereocenters. The predicted molar refractivity (Wildman–Crippen MR) is 56.2 cm³/mol. The van der Waals surface area contributed by atoms with Crippen molar-refractivity contribution in [2.45, 2.75) is 6.92 Å². The van der Waals surface area contributed by atoms with Crippen molar-refractivity contribution in [2.24, 2.45) is 0 Å². The molecule has 0 saturated heterocycles. The monoisotopic (exact) mass is 215 g/mol. The molecule has 2 aromatic heterocycles. The average molecular weight is 215 g/mol. The molecule has 5 nitrogen and oxygen atoms in total. The number of carbonyl (C=O) groups is 2. The summed E-state index contributed by atoms with van der Waals surface area (Å²) in [6, 6.07) is 3.20. The van der Waals surface area contributed by atoms with E-state index in [-0.39, 0.29) is 22.9 Å². The maximum absolute atomic E-state index is 12.0. The van der Waals surface area contributed by atoms with Gasteiger partial charge in [-0.2, -0.15) is 0 Å². The van der Waals surface area contributed by atoms with Gasteiger partial charge < -0.3 is 0 Å². The number of carbonyl (C=O) groups excluding carboxylic acids is 2. The molecule has 0 N–H and O–H groups in total. The van der Waals surface area contributed by atoms with E-state index >= 15 is 0 Å². The van der Waals surface area contributed by atoms with E-state index in [9.17, 15) is 9.59 Å². The summed E-state index contributed by atoms with van der Waals surface area (Å²) in [6.07, 6.45) is 5.90. The molecule has 80 valence electrons. The molecule has 0 saturated carbocycles. The van der Waals surface area contributed by atoms with Crippen LogP contribution in [0, 0.1) is 0 Å². The smallest absolute Gasteiger partial charge is 0.265 e. The summed E-state index contributed by atoms with van der Waals surface area (Å²) in [5.74, 6) is -0.542. The highest BCUT2D eigenvalue weighted by molar-refractivity contribution is 6.06. The normalized spacial score (nSPS) is 10.1. The lowest BCUT2D eigenvalue weighted by Crippen LogP contribution is -2.15. The van der Waals surface area contributed by atoms with E-state index in [4.69, 9.17) is 0 Å². The largest absolute Gasteiger partial charge is 0.293 e. The van der Waals surface area contributed by atoms with E-state index < -0.39 is 0 Å². The van der Waals surface area contributed by atoms with E-state index in [2.05, 4.69) is 9.97 Å². The minimum Gasteiger partial charge on any atom is -0.293 e. The van der Waals surface area contributed by atoms with Crippen molar-refractivity contribution >= 4 is 11.7 Å². The zero-order chi connectivity index (χ0) is 11.5. The van der Waals surface area contributed by atoms with Crippen LogP contribution in [0.15, 0.2) is 37.1 Å². The van der Waals surface area contributed by atoms with Gasteiger partial charge in [0.05, 0.1) is 5.56 Å². The van der Waals surface area contributed by atoms with E-state index in [1.165, 1.54) is 36.4 Å². The van der Waals surface area contributed by atoms with Gasteiger partial charge in [-0.05, 0) is 12.1 Å². The molecule has 0 aliphatic heterocycles. The van der Waals surface area contributed by atoms with E-state index in [1.54, 1.807) is 12.1 Å². The van der Waals surface area contributed by atoms with Crippen molar-refractivity contribution in [3.05, 3.63) is 48.3 Å². The standard InChI is InChI=1S/C11H9N3O2/c1-8(15)10-9(3-2-4-13-10)11(16)14-6-5-12-7-14/h2-7H,1H3. The van der Waals surface area contributed by atoms with Crippen molar-refractivity contribution in [3.8, 4) is 0 Å². The molecule has 0 amide bonds. The first kappa shape index (κ1) is 10.2. The summed E-state index contributed by atoms with van der Waals surface area (Å²) in [7, 11) is 0. The molecule has 0 spiro atoms. The third-order valence-electron chi connectivity index (χ3n) is 2.11. The quantitative estimate of drug-likeness (QED) is 0.705. The Hall–Kier alpha value is -2.30. The number of rotatable bonds is 2. The lowest BCUT2D eigenvalue weighted by atomic mass is 10.1. The Morgan fingerprint density at radius 2 is 2.12 bits per heavy atom. The molecule has 2 aromatic rings. The zero-order valence-electron chi connectivity index (χ0n) is 8.62. The second-order valence-corrected chi connectivity index (χ2v) is 3.23. The summed E-state index contributed by atoms with van der Waals surface area (Å²) in [5.41, 5.74) is 0.467. The van der Waals surface area contributed by atoms with Crippen LogP contribution in [0.1, 0.15) is 27.8 Å². The minimum absolute atomic E-state index is 0.182. The van der Waals surface area contributed by atoms with E-state index in [0.29, 0.717) is 0 Å². The fourth-order valence-corrected chi connectivity index (χ4v) is 1.38. The highest BCUT2D eigenvalue weighted by Crippen LogP contribution is 2.08. The first-order valence-corrected chi connectivity index (χ1v) is 4.69. The van der Waals surface area contributed by atoms with Crippen molar-refractivity contribution in [1.29, 1.82) is 0 Å². The van der Waals surface area contributed by atoms with Gasteiger partial charge in [0.25, 0.3) is 5.91 Å². The van der Waals surface area contributed by atoms with Gasteiger partial charge in [-0.3, -0.25) is 19.1 Å². The SMILES string of the molecule is CC(=O)c1ncccc1C(=O)n1ccnc1. The third-order valence-corrected chi connectivity index (χ3v) is 2.11. The molecular formula is C11H9N3O2. The Bertz CT molecular complexity index is 532. The summed E-state index contributed by atoms with van der Waals surface area (Å²) < 4.78 is 1.31. The highest BCUT2D eigenvalue weighted by atomic mass is 16.2. The number of Topliss-reactive ketones (excluding diaryl/α,β-unsaturated/α-hetero) is 1. The fraction of sp³-hybridized carbons (Fsp3) is 0.0909. The van der Waals surface area contributed by atoms with Crippen molar-refractivity contribution in [3.63, 3.8) is 0 Å². The maximum atomic E-state index is 12.0. The lowest BCUT2D eigenvalue weighted by molar-refractivity contribution is 0.0941. The number of hydrogen-bond acceptors (Lipinski definition) is 4. The van der Waals surface area contributed by atoms with E-state index in [1.807, 2.05) is 0 Å². The van der Waals surface area contributed by atoms with Gasteiger partial charge in [-0.25, -0.2) is 4.98 Å². The summed E-state index contributed by atoms with van der Waals surface area (Å²) in [5, 5.41) is 0. The molecule has 0 aromatic carbocycles. The maximum Gasteiger partial charge on any atom is 0.265 e. The molecule has 0 bridgehead atoms. The molecule has 2 heterocycles. The number of imidazole rings is 1. The van der Waals surface area contributed by atoms with Gasteiger partial charge in [0.2, 0.25) is 0 Å². The van der Waals surface area contributed by atoms with Gasteiger partial charge >= 0.3 is 0 Å². The number of hydrogen-bond donors (Lipinski definition) is 0. The van der Waals surface area contributed by atoms with Crippen LogP contribution in [0.2, 0.25) is 0 Å². The molecule has 0 fully saturated rings. The van der Waals surface area contributed by atoms with Gasteiger partial charge in [0.1, 0.15) is 12.0 Å². The highest BCUT2D eigenvalue weighted by Gasteiger charge is 2.16. The van der Waals surface area contributed by atoms with E-state index in [0.717, 1.165) is 0 Å². The second kappa shape index (κ2) is 4.06. The van der Waals surface area contributed by atoms with Gasteiger partial charge in [0.15, 0.2) is 5.78 Å².